The quantitative estimate of drug-likeness (QED) is 0.241. The van der Waals surface area contributed by atoms with Gasteiger partial charge in [0.15, 0.2) is 5.75 Å². The molecule has 0 atom stereocenters. The number of hydrogen-bond acceptors (Lipinski definition) is 11. The third-order valence-electron chi connectivity index (χ3n) is 7.88. The first kappa shape index (κ1) is 35.6. The van der Waals surface area contributed by atoms with Gasteiger partial charge in [-0.2, -0.15) is 0 Å². The number of benzene rings is 1. The predicted molar refractivity (Wildman–Crippen MR) is 185 cm³/mol. The van der Waals surface area contributed by atoms with E-state index in [-0.39, 0.29) is 12.1 Å². The number of halogens is 2. The lowest BCUT2D eigenvalue weighted by molar-refractivity contribution is -0.143. The van der Waals surface area contributed by atoms with Crippen molar-refractivity contribution in [1.29, 1.82) is 0 Å². The lowest BCUT2D eigenvalue weighted by Crippen LogP contribution is -2.49. The van der Waals surface area contributed by atoms with Gasteiger partial charge in [0.25, 0.3) is 0 Å². The van der Waals surface area contributed by atoms with Gasteiger partial charge in [-0.05, 0) is 57.5 Å². The normalized spacial score (nSPS) is 16.1. The van der Waals surface area contributed by atoms with Gasteiger partial charge in [0.2, 0.25) is 11.8 Å². The Hall–Kier alpha value is -3.71. The van der Waals surface area contributed by atoms with Crippen LogP contribution in [0, 0.1) is 0 Å². The molecular formula is C34H43Cl2N7O5. The van der Waals surface area contributed by atoms with Crippen molar-refractivity contribution in [3.8, 4) is 22.9 Å². The zero-order valence-corrected chi connectivity index (χ0v) is 29.5. The monoisotopic (exact) mass is 699 g/mol. The molecule has 48 heavy (non-hydrogen) atoms. The maximum atomic E-state index is 12.6. The van der Waals surface area contributed by atoms with E-state index < -0.39 is 5.60 Å². The summed E-state index contributed by atoms with van der Waals surface area (Å²) in [5.74, 6) is 1.30. The van der Waals surface area contributed by atoms with Crippen LogP contribution >= 0.6 is 23.2 Å². The zero-order valence-electron chi connectivity index (χ0n) is 28.0. The molecule has 2 fully saturated rings. The first-order valence-corrected chi connectivity index (χ1v) is 17.0. The van der Waals surface area contributed by atoms with Gasteiger partial charge in [0, 0.05) is 87.1 Å². The second-order valence-electron chi connectivity index (χ2n) is 12.8. The predicted octanol–water partition coefficient (Wildman–Crippen LogP) is 5.77. The minimum atomic E-state index is -0.532. The van der Waals surface area contributed by atoms with Gasteiger partial charge >= 0.3 is 12.1 Å². The van der Waals surface area contributed by atoms with E-state index in [2.05, 4.69) is 24.7 Å². The van der Waals surface area contributed by atoms with Crippen molar-refractivity contribution in [1.82, 2.24) is 29.7 Å². The topological polar surface area (TPSA) is 113 Å². The summed E-state index contributed by atoms with van der Waals surface area (Å²) < 4.78 is 16.8. The van der Waals surface area contributed by atoms with E-state index in [0.29, 0.717) is 85.6 Å². The molecule has 1 amide bonds. The molecule has 2 saturated heterocycles. The molecule has 0 N–H and O–H groups in total. The van der Waals surface area contributed by atoms with Crippen LogP contribution in [-0.4, -0.2) is 113 Å². The van der Waals surface area contributed by atoms with Crippen molar-refractivity contribution in [3.05, 3.63) is 58.3 Å². The number of ether oxygens (including phenoxy) is 3. The number of carbonyl (C=O) groups is 2. The van der Waals surface area contributed by atoms with E-state index in [1.54, 1.807) is 23.4 Å². The molecule has 3 aromatic rings. The highest BCUT2D eigenvalue weighted by atomic mass is 35.5. The molecule has 2 aliphatic heterocycles. The lowest BCUT2D eigenvalue weighted by Gasteiger charge is -2.35. The summed E-state index contributed by atoms with van der Waals surface area (Å²) in [6, 6.07) is 9.22. The van der Waals surface area contributed by atoms with Crippen LogP contribution in [0.25, 0.3) is 11.3 Å². The number of piperazine rings is 2. The number of anilines is 1. The molecule has 0 bridgehead atoms. The van der Waals surface area contributed by atoms with Crippen LogP contribution in [0.1, 0.15) is 39.7 Å². The molecule has 14 heteroatoms. The average Bonchev–Trinajstić information content (AvgIpc) is 3.03. The Balaban J connectivity index is 1.24. The number of esters is 1. The third-order valence-corrected chi connectivity index (χ3v) is 8.32. The largest absolute Gasteiger partial charge is 0.466 e. The van der Waals surface area contributed by atoms with Gasteiger partial charge in [-0.15, -0.1) is 0 Å². The highest BCUT2D eigenvalue weighted by molar-refractivity contribution is 6.35. The number of aromatic nitrogens is 3. The van der Waals surface area contributed by atoms with E-state index in [9.17, 15) is 9.59 Å². The summed E-state index contributed by atoms with van der Waals surface area (Å²) in [7, 11) is 0. The standard InChI is InChI=1S/C34H43Cl2N7O5/c1-5-46-31(44)6-7-40-8-12-42(13-9-40)32-37-21-28(22-38-32)47-30-17-24(16-29(39-30)25-18-26(35)20-27(36)19-25)23-41-10-14-43(15-11-41)33(45)48-34(2,3)4/h16-22H,5-15,23H2,1-4H3. The van der Waals surface area contributed by atoms with Gasteiger partial charge < -0.3 is 24.0 Å². The van der Waals surface area contributed by atoms with Crippen molar-refractivity contribution >= 4 is 41.2 Å². The lowest BCUT2D eigenvalue weighted by atomic mass is 10.1. The van der Waals surface area contributed by atoms with Crippen molar-refractivity contribution in [3.63, 3.8) is 0 Å². The number of hydrogen-bond donors (Lipinski definition) is 0. The molecule has 12 nitrogen and oxygen atoms in total. The van der Waals surface area contributed by atoms with Crippen LogP contribution < -0.4 is 9.64 Å². The fourth-order valence-corrected chi connectivity index (χ4v) is 6.05. The molecule has 0 unspecified atom stereocenters. The number of rotatable bonds is 10. The summed E-state index contributed by atoms with van der Waals surface area (Å²) >= 11 is 12.7. The van der Waals surface area contributed by atoms with Crippen LogP contribution in [0.2, 0.25) is 10.0 Å². The SMILES string of the molecule is CCOC(=O)CCN1CCN(c2ncc(Oc3cc(CN4CCN(C(=O)OC(C)(C)C)CC4)cc(-c4cc(Cl)cc(Cl)c4)n3)cn2)CC1. The van der Waals surface area contributed by atoms with Crippen molar-refractivity contribution < 1.29 is 23.8 Å². The Labute approximate surface area is 291 Å². The highest BCUT2D eigenvalue weighted by Gasteiger charge is 2.26. The second kappa shape index (κ2) is 16.1. The number of carbonyl (C=O) groups excluding carboxylic acids is 2. The van der Waals surface area contributed by atoms with E-state index in [0.717, 1.165) is 37.3 Å². The van der Waals surface area contributed by atoms with Crippen LogP contribution in [0.3, 0.4) is 0 Å². The summed E-state index contributed by atoms with van der Waals surface area (Å²) in [6.45, 7) is 14.8. The smallest absolute Gasteiger partial charge is 0.410 e. The van der Waals surface area contributed by atoms with Gasteiger partial charge in [0.1, 0.15) is 5.60 Å². The average molecular weight is 701 g/mol. The Morgan fingerprint density at radius 3 is 2.12 bits per heavy atom. The van der Waals surface area contributed by atoms with Crippen molar-refractivity contribution in [2.75, 3.05) is 70.4 Å². The van der Waals surface area contributed by atoms with Crippen molar-refractivity contribution in [2.24, 2.45) is 0 Å². The summed E-state index contributed by atoms with van der Waals surface area (Å²) in [6.07, 6.45) is 3.40. The molecule has 258 valence electrons. The first-order chi connectivity index (χ1) is 22.9. The van der Waals surface area contributed by atoms with Crippen LogP contribution in [0.4, 0.5) is 10.7 Å². The Morgan fingerprint density at radius 2 is 1.50 bits per heavy atom. The molecule has 5 rings (SSSR count). The van der Waals surface area contributed by atoms with Gasteiger partial charge in [-0.3, -0.25) is 14.6 Å². The zero-order chi connectivity index (χ0) is 34.3. The molecule has 4 heterocycles. The molecule has 0 radical (unpaired) electrons. The minimum absolute atomic E-state index is 0.166. The molecular weight excluding hydrogens is 657 g/mol. The van der Waals surface area contributed by atoms with Gasteiger partial charge in [-0.1, -0.05) is 23.2 Å². The Bertz CT molecular complexity index is 1530. The molecule has 0 aliphatic carbocycles. The Morgan fingerprint density at radius 1 is 0.854 bits per heavy atom. The number of pyridine rings is 1. The van der Waals surface area contributed by atoms with Crippen LogP contribution in [0.15, 0.2) is 42.7 Å². The van der Waals surface area contributed by atoms with Crippen LogP contribution in [0.5, 0.6) is 11.6 Å². The van der Waals surface area contributed by atoms with E-state index in [1.807, 2.05) is 52.0 Å². The summed E-state index contributed by atoms with van der Waals surface area (Å²) in [5.41, 5.74) is 1.88. The molecule has 0 saturated carbocycles. The maximum absolute atomic E-state index is 12.6. The molecule has 1 aromatic carbocycles. The number of amides is 1. The second-order valence-corrected chi connectivity index (χ2v) is 13.7. The van der Waals surface area contributed by atoms with Crippen molar-refractivity contribution in [2.45, 2.75) is 46.3 Å². The fourth-order valence-electron chi connectivity index (χ4n) is 5.53. The maximum Gasteiger partial charge on any atom is 0.410 e. The van der Waals surface area contributed by atoms with Gasteiger partial charge in [-0.25, -0.2) is 19.7 Å². The highest BCUT2D eigenvalue weighted by Crippen LogP contribution is 2.30. The molecule has 2 aromatic heterocycles. The summed E-state index contributed by atoms with van der Waals surface area (Å²) in [4.78, 5) is 46.6. The van der Waals surface area contributed by atoms with Gasteiger partial charge in [0.05, 0.1) is 31.1 Å². The minimum Gasteiger partial charge on any atom is -0.466 e. The number of nitrogens with zero attached hydrogens (tertiary/aromatic N) is 7. The van der Waals surface area contributed by atoms with E-state index >= 15 is 0 Å². The fraction of sp³-hybridized carbons (Fsp3) is 0.500. The Kier molecular flexibility index (Phi) is 12.0. The van der Waals surface area contributed by atoms with E-state index in [4.69, 9.17) is 42.4 Å². The molecule has 2 aliphatic rings. The summed E-state index contributed by atoms with van der Waals surface area (Å²) in [5, 5.41) is 1.02. The third kappa shape index (κ3) is 10.4. The van der Waals surface area contributed by atoms with Crippen LogP contribution in [-0.2, 0) is 20.8 Å². The first-order valence-electron chi connectivity index (χ1n) is 16.2. The van der Waals surface area contributed by atoms with E-state index in [1.165, 1.54) is 0 Å². The molecule has 0 spiro atoms.